The van der Waals surface area contributed by atoms with Crippen molar-refractivity contribution in [1.82, 2.24) is 14.9 Å². The molecule has 6 nitrogen and oxygen atoms in total. The van der Waals surface area contributed by atoms with Gasteiger partial charge in [0.15, 0.2) is 5.16 Å². The van der Waals surface area contributed by atoms with Crippen molar-refractivity contribution in [2.75, 3.05) is 18.8 Å². The van der Waals surface area contributed by atoms with Crippen LogP contribution in [0.5, 0.6) is 0 Å². The number of amides is 1. The summed E-state index contributed by atoms with van der Waals surface area (Å²) in [6.45, 7) is 0.335. The summed E-state index contributed by atoms with van der Waals surface area (Å²) in [6.07, 6.45) is -3.37. The van der Waals surface area contributed by atoms with Crippen LogP contribution in [0.1, 0.15) is 18.5 Å². The first kappa shape index (κ1) is 18.7. The lowest BCUT2D eigenvalue weighted by Gasteiger charge is -2.19. The molecule has 0 aliphatic rings. The third-order valence-electron chi connectivity index (χ3n) is 2.59. The summed E-state index contributed by atoms with van der Waals surface area (Å²) in [6, 6.07) is 4.54. The molecule has 1 rings (SSSR count). The molecule has 0 aliphatic carbocycles. The largest absolute Gasteiger partial charge is 0.433 e. The van der Waals surface area contributed by atoms with E-state index in [1.54, 1.807) is 0 Å². The summed E-state index contributed by atoms with van der Waals surface area (Å²) < 4.78 is 37.6. The highest BCUT2D eigenvalue weighted by Crippen LogP contribution is 2.28. The zero-order valence-electron chi connectivity index (χ0n) is 11.9. The molecule has 1 amide bonds. The van der Waals surface area contributed by atoms with Crippen LogP contribution in [0.25, 0.3) is 0 Å². The van der Waals surface area contributed by atoms with Gasteiger partial charge in [-0.2, -0.15) is 23.7 Å². The number of alkyl halides is 3. The molecule has 0 fully saturated rings. The van der Waals surface area contributed by atoms with Crippen molar-refractivity contribution < 1.29 is 18.0 Å². The number of nitriles is 2. The monoisotopic (exact) mass is 343 g/mol. The van der Waals surface area contributed by atoms with Gasteiger partial charge in [-0.25, -0.2) is 9.97 Å². The summed E-state index contributed by atoms with van der Waals surface area (Å²) in [5.41, 5.74) is -1.08. The van der Waals surface area contributed by atoms with Crippen molar-refractivity contribution in [2.45, 2.75) is 24.2 Å². The third-order valence-corrected chi connectivity index (χ3v) is 3.43. The van der Waals surface area contributed by atoms with Gasteiger partial charge in [-0.3, -0.25) is 4.79 Å². The van der Waals surface area contributed by atoms with E-state index in [0.29, 0.717) is 0 Å². The zero-order chi connectivity index (χ0) is 17.3. The Morgan fingerprint density at radius 3 is 2.39 bits per heavy atom. The molecule has 0 saturated carbocycles. The van der Waals surface area contributed by atoms with Crippen molar-refractivity contribution in [2.24, 2.45) is 0 Å². The van der Waals surface area contributed by atoms with Crippen LogP contribution in [0.3, 0.4) is 0 Å². The van der Waals surface area contributed by atoms with E-state index in [-0.39, 0.29) is 42.7 Å². The fourth-order valence-electron chi connectivity index (χ4n) is 1.52. The second-order valence-electron chi connectivity index (χ2n) is 4.21. The van der Waals surface area contributed by atoms with Gasteiger partial charge in [0.1, 0.15) is 5.69 Å². The molecule has 0 saturated heterocycles. The van der Waals surface area contributed by atoms with E-state index in [0.717, 1.165) is 24.0 Å². The SMILES string of the molecule is N#CCCN(CCC#N)C(=O)CSc1nccc(C(F)(F)F)n1. The molecule has 0 unspecified atom stereocenters. The van der Waals surface area contributed by atoms with Gasteiger partial charge < -0.3 is 4.90 Å². The molecular formula is C13H12F3N5OS. The molecule has 1 aromatic rings. The summed E-state index contributed by atoms with van der Waals surface area (Å²) in [5, 5.41) is 16.9. The van der Waals surface area contributed by atoms with E-state index < -0.39 is 11.9 Å². The van der Waals surface area contributed by atoms with Crippen LogP contribution in [-0.2, 0) is 11.0 Å². The Kier molecular flexibility index (Phi) is 7.29. The Balaban J connectivity index is 2.66. The summed E-state index contributed by atoms with van der Waals surface area (Å²) in [5.74, 6) is -0.556. The minimum absolute atomic E-state index is 0.113. The van der Waals surface area contributed by atoms with Gasteiger partial charge in [-0.1, -0.05) is 11.8 Å². The maximum absolute atomic E-state index is 12.5. The van der Waals surface area contributed by atoms with Crippen LogP contribution in [0.2, 0.25) is 0 Å². The number of aromatic nitrogens is 2. The first-order valence-corrected chi connectivity index (χ1v) is 7.41. The first-order valence-electron chi connectivity index (χ1n) is 6.43. The molecule has 0 spiro atoms. The number of nitrogens with zero attached hydrogens (tertiary/aromatic N) is 5. The maximum Gasteiger partial charge on any atom is 0.433 e. The van der Waals surface area contributed by atoms with Gasteiger partial charge >= 0.3 is 6.18 Å². The molecule has 1 heterocycles. The smallest absolute Gasteiger partial charge is 0.340 e. The Labute approximate surface area is 134 Å². The highest BCUT2D eigenvalue weighted by atomic mass is 32.2. The topological polar surface area (TPSA) is 93.7 Å². The molecule has 1 aromatic heterocycles. The van der Waals surface area contributed by atoms with Crippen LogP contribution in [0.4, 0.5) is 13.2 Å². The highest BCUT2D eigenvalue weighted by Gasteiger charge is 2.32. The molecule has 0 atom stereocenters. The lowest BCUT2D eigenvalue weighted by Crippen LogP contribution is -2.34. The molecular weight excluding hydrogens is 331 g/mol. The van der Waals surface area contributed by atoms with Crippen LogP contribution in [0.15, 0.2) is 17.4 Å². The van der Waals surface area contributed by atoms with Crippen molar-refractivity contribution in [3.63, 3.8) is 0 Å². The predicted octanol–water partition coefficient (Wildman–Crippen LogP) is 2.24. The van der Waals surface area contributed by atoms with E-state index in [1.165, 1.54) is 4.90 Å². The van der Waals surface area contributed by atoms with Gasteiger partial charge in [-0.05, 0) is 6.07 Å². The van der Waals surface area contributed by atoms with E-state index in [2.05, 4.69) is 9.97 Å². The van der Waals surface area contributed by atoms with Crippen molar-refractivity contribution >= 4 is 17.7 Å². The van der Waals surface area contributed by atoms with Crippen molar-refractivity contribution in [1.29, 1.82) is 10.5 Å². The lowest BCUT2D eigenvalue weighted by atomic mass is 10.3. The number of hydrogen-bond donors (Lipinski definition) is 0. The summed E-state index contributed by atoms with van der Waals surface area (Å²) >= 11 is 0.775. The molecule has 0 aromatic carbocycles. The number of rotatable bonds is 7. The van der Waals surface area contributed by atoms with E-state index in [1.807, 2.05) is 12.1 Å². The Morgan fingerprint density at radius 2 is 1.87 bits per heavy atom. The van der Waals surface area contributed by atoms with Crippen LogP contribution < -0.4 is 0 Å². The zero-order valence-corrected chi connectivity index (χ0v) is 12.7. The third kappa shape index (κ3) is 6.53. The number of halogens is 3. The maximum atomic E-state index is 12.5. The first-order chi connectivity index (χ1) is 10.9. The molecule has 23 heavy (non-hydrogen) atoms. The van der Waals surface area contributed by atoms with Gasteiger partial charge in [0.2, 0.25) is 5.91 Å². The van der Waals surface area contributed by atoms with E-state index >= 15 is 0 Å². The standard InChI is InChI=1S/C13H12F3N5OS/c14-13(15,16)10-3-6-19-12(20-10)23-9-11(22)21(7-1-4-17)8-2-5-18/h3,6H,1-2,7-9H2. The van der Waals surface area contributed by atoms with Crippen LogP contribution in [-0.4, -0.2) is 39.6 Å². The number of carbonyl (C=O) groups excluding carboxylic acids is 1. The average molecular weight is 343 g/mol. The molecule has 0 N–H and O–H groups in total. The Bertz CT molecular complexity index is 605. The molecule has 0 bridgehead atoms. The Hall–Kier alpha value is -2.33. The lowest BCUT2D eigenvalue weighted by molar-refractivity contribution is -0.141. The predicted molar refractivity (Wildman–Crippen MR) is 74.8 cm³/mol. The van der Waals surface area contributed by atoms with Gasteiger partial charge in [0.05, 0.1) is 30.7 Å². The van der Waals surface area contributed by atoms with Gasteiger partial charge in [0.25, 0.3) is 0 Å². The molecule has 10 heteroatoms. The molecule has 0 aliphatic heterocycles. The number of hydrogen-bond acceptors (Lipinski definition) is 6. The minimum atomic E-state index is -4.58. The van der Waals surface area contributed by atoms with Crippen LogP contribution in [0, 0.1) is 22.7 Å². The Morgan fingerprint density at radius 1 is 1.26 bits per heavy atom. The minimum Gasteiger partial charge on any atom is -0.340 e. The summed E-state index contributed by atoms with van der Waals surface area (Å²) in [7, 11) is 0. The second-order valence-corrected chi connectivity index (χ2v) is 5.15. The highest BCUT2D eigenvalue weighted by molar-refractivity contribution is 7.99. The average Bonchev–Trinajstić information content (AvgIpc) is 2.52. The number of carbonyl (C=O) groups is 1. The number of thioether (sulfide) groups is 1. The van der Waals surface area contributed by atoms with Crippen molar-refractivity contribution in [3.8, 4) is 12.1 Å². The molecule has 0 radical (unpaired) electrons. The fourth-order valence-corrected chi connectivity index (χ4v) is 2.25. The van der Waals surface area contributed by atoms with Crippen LogP contribution >= 0.6 is 11.8 Å². The normalized spacial score (nSPS) is 10.7. The van der Waals surface area contributed by atoms with E-state index in [4.69, 9.17) is 10.5 Å². The fraction of sp³-hybridized carbons (Fsp3) is 0.462. The quantitative estimate of drug-likeness (QED) is 0.557. The van der Waals surface area contributed by atoms with Gasteiger partial charge in [0, 0.05) is 19.3 Å². The van der Waals surface area contributed by atoms with Gasteiger partial charge in [-0.15, -0.1) is 0 Å². The molecule has 122 valence electrons. The second kappa shape index (κ2) is 8.96. The summed E-state index contributed by atoms with van der Waals surface area (Å²) in [4.78, 5) is 20.4. The van der Waals surface area contributed by atoms with Crippen molar-refractivity contribution in [3.05, 3.63) is 18.0 Å². The van der Waals surface area contributed by atoms with E-state index in [9.17, 15) is 18.0 Å².